The number of hydrogen-bond donors (Lipinski definition) is 1. The predicted molar refractivity (Wildman–Crippen MR) is 84.5 cm³/mol. The molecule has 4 heteroatoms. The Labute approximate surface area is 125 Å². The zero-order valence-corrected chi connectivity index (χ0v) is 13.7. The van der Waals surface area contributed by atoms with Crippen molar-refractivity contribution in [2.24, 2.45) is 0 Å². The molecule has 0 amide bonds. The molecule has 0 spiro atoms. The Morgan fingerprint density at radius 3 is 2.79 bits per heavy atom. The Morgan fingerprint density at radius 1 is 1.37 bits per heavy atom. The minimum absolute atomic E-state index is 0.410. The van der Waals surface area contributed by atoms with Crippen LogP contribution in [0, 0.1) is 0 Å². The molecule has 19 heavy (non-hydrogen) atoms. The average Bonchev–Trinajstić information content (AvgIpc) is 2.41. The van der Waals surface area contributed by atoms with Crippen LogP contribution in [0.4, 0.5) is 0 Å². The van der Waals surface area contributed by atoms with Crippen molar-refractivity contribution in [2.75, 3.05) is 40.4 Å². The molecule has 1 aromatic carbocycles. The van der Waals surface area contributed by atoms with Crippen molar-refractivity contribution >= 4 is 15.9 Å². The van der Waals surface area contributed by atoms with Crippen LogP contribution in [0.1, 0.15) is 24.9 Å². The lowest BCUT2D eigenvalue weighted by atomic mass is 10.0. The Morgan fingerprint density at radius 2 is 2.16 bits per heavy atom. The summed E-state index contributed by atoms with van der Waals surface area (Å²) in [6, 6.07) is 8.96. The van der Waals surface area contributed by atoms with Crippen LogP contribution in [0.2, 0.25) is 0 Å². The van der Waals surface area contributed by atoms with Crippen molar-refractivity contribution in [1.82, 2.24) is 10.2 Å². The van der Waals surface area contributed by atoms with Crippen molar-refractivity contribution in [3.8, 4) is 0 Å². The van der Waals surface area contributed by atoms with E-state index in [9.17, 15) is 0 Å². The second kappa shape index (κ2) is 9.48. The molecule has 1 atom stereocenters. The van der Waals surface area contributed by atoms with Gasteiger partial charge < -0.3 is 15.0 Å². The van der Waals surface area contributed by atoms with E-state index in [1.165, 1.54) is 5.56 Å². The third-order valence-corrected chi connectivity index (χ3v) is 3.67. The number of likely N-dealkylation sites (N-methyl/N-ethyl adjacent to an activating group) is 1. The Balaban J connectivity index is 2.53. The Kier molecular flexibility index (Phi) is 8.30. The highest BCUT2D eigenvalue weighted by Crippen LogP contribution is 2.21. The summed E-state index contributed by atoms with van der Waals surface area (Å²) < 4.78 is 6.24. The van der Waals surface area contributed by atoms with E-state index in [4.69, 9.17) is 4.74 Å². The monoisotopic (exact) mass is 328 g/mol. The van der Waals surface area contributed by atoms with Crippen LogP contribution in [0.15, 0.2) is 28.7 Å². The van der Waals surface area contributed by atoms with Crippen LogP contribution >= 0.6 is 15.9 Å². The van der Waals surface area contributed by atoms with Crippen molar-refractivity contribution in [3.05, 3.63) is 34.3 Å². The third kappa shape index (κ3) is 6.52. The second-order valence-electron chi connectivity index (χ2n) is 4.75. The minimum atomic E-state index is 0.410. The van der Waals surface area contributed by atoms with Gasteiger partial charge in [0, 0.05) is 24.2 Å². The number of methoxy groups -OCH3 is 1. The molecule has 0 radical (unpaired) electrons. The van der Waals surface area contributed by atoms with E-state index in [1.54, 1.807) is 7.11 Å². The first-order chi connectivity index (χ1) is 9.17. The van der Waals surface area contributed by atoms with Gasteiger partial charge in [0.15, 0.2) is 0 Å². The molecule has 0 aromatic heterocycles. The zero-order valence-electron chi connectivity index (χ0n) is 12.2. The molecule has 0 fully saturated rings. The quantitative estimate of drug-likeness (QED) is 0.754. The van der Waals surface area contributed by atoms with E-state index in [1.807, 2.05) is 0 Å². The van der Waals surface area contributed by atoms with Crippen molar-refractivity contribution < 1.29 is 4.74 Å². The van der Waals surface area contributed by atoms with Crippen LogP contribution in [0.5, 0.6) is 0 Å². The van der Waals surface area contributed by atoms with E-state index >= 15 is 0 Å². The number of halogens is 1. The molecule has 0 heterocycles. The van der Waals surface area contributed by atoms with Gasteiger partial charge in [0.2, 0.25) is 0 Å². The van der Waals surface area contributed by atoms with Gasteiger partial charge in [-0.15, -0.1) is 0 Å². The molecule has 0 aliphatic carbocycles. The highest BCUT2D eigenvalue weighted by molar-refractivity contribution is 9.10. The first-order valence-electron chi connectivity index (χ1n) is 6.83. The fourth-order valence-corrected chi connectivity index (χ4v) is 2.48. The molecule has 0 saturated heterocycles. The fraction of sp³-hybridized carbons (Fsp3) is 0.600. The minimum Gasteiger partial charge on any atom is -0.383 e. The summed E-state index contributed by atoms with van der Waals surface area (Å²) in [6.07, 6.45) is 1.10. The molecular formula is C15H25BrN2O. The summed E-state index contributed by atoms with van der Waals surface area (Å²) >= 11 is 3.54. The molecule has 1 N–H and O–H groups in total. The van der Waals surface area contributed by atoms with Crippen molar-refractivity contribution in [2.45, 2.75) is 19.4 Å². The lowest BCUT2D eigenvalue weighted by Crippen LogP contribution is -2.29. The maximum Gasteiger partial charge on any atom is 0.0589 e. The molecular weight excluding hydrogens is 304 g/mol. The first kappa shape index (κ1) is 16.6. The average molecular weight is 329 g/mol. The molecule has 0 saturated carbocycles. The highest BCUT2D eigenvalue weighted by Gasteiger charge is 2.11. The standard InChI is InChI=1S/C15H25BrN2O/c1-4-17-15(8-9-18(2)10-11-19-3)13-6-5-7-14(16)12-13/h5-7,12,15,17H,4,8-11H2,1-3H3. The number of ether oxygens (including phenoxy) is 1. The number of rotatable bonds is 9. The zero-order chi connectivity index (χ0) is 14.1. The van der Waals surface area contributed by atoms with Gasteiger partial charge in [0.1, 0.15) is 0 Å². The van der Waals surface area contributed by atoms with Gasteiger partial charge in [0.25, 0.3) is 0 Å². The molecule has 0 aliphatic heterocycles. The lowest BCUT2D eigenvalue weighted by Gasteiger charge is -2.22. The van der Waals surface area contributed by atoms with Gasteiger partial charge in [0.05, 0.1) is 6.61 Å². The normalized spacial score (nSPS) is 12.9. The Bertz CT molecular complexity index is 360. The summed E-state index contributed by atoms with van der Waals surface area (Å²) in [7, 11) is 3.89. The van der Waals surface area contributed by atoms with E-state index in [2.05, 4.69) is 64.4 Å². The number of nitrogens with zero attached hydrogens (tertiary/aromatic N) is 1. The van der Waals surface area contributed by atoms with Crippen LogP contribution < -0.4 is 5.32 Å². The molecule has 0 bridgehead atoms. The fourth-order valence-electron chi connectivity index (χ4n) is 2.06. The Hall–Kier alpha value is -0.420. The van der Waals surface area contributed by atoms with Gasteiger partial charge in [-0.2, -0.15) is 0 Å². The molecule has 0 aliphatic rings. The SMILES string of the molecule is CCNC(CCN(C)CCOC)c1cccc(Br)c1. The van der Waals surface area contributed by atoms with Crippen molar-refractivity contribution in [3.63, 3.8) is 0 Å². The topological polar surface area (TPSA) is 24.5 Å². The van der Waals surface area contributed by atoms with Crippen LogP contribution in [0.3, 0.4) is 0 Å². The summed E-state index contributed by atoms with van der Waals surface area (Å²) in [5, 5.41) is 3.56. The summed E-state index contributed by atoms with van der Waals surface area (Å²) in [5.41, 5.74) is 1.34. The van der Waals surface area contributed by atoms with E-state index < -0.39 is 0 Å². The van der Waals surface area contributed by atoms with Gasteiger partial charge in [-0.3, -0.25) is 0 Å². The highest BCUT2D eigenvalue weighted by atomic mass is 79.9. The van der Waals surface area contributed by atoms with Crippen LogP contribution in [0.25, 0.3) is 0 Å². The number of benzene rings is 1. The lowest BCUT2D eigenvalue weighted by molar-refractivity contribution is 0.159. The summed E-state index contributed by atoms with van der Waals surface area (Å²) in [5.74, 6) is 0. The molecule has 3 nitrogen and oxygen atoms in total. The van der Waals surface area contributed by atoms with Gasteiger partial charge in [-0.05, 0) is 44.3 Å². The van der Waals surface area contributed by atoms with Gasteiger partial charge >= 0.3 is 0 Å². The first-order valence-corrected chi connectivity index (χ1v) is 7.63. The van der Waals surface area contributed by atoms with Crippen LogP contribution in [-0.2, 0) is 4.74 Å². The van der Waals surface area contributed by atoms with Gasteiger partial charge in [-0.1, -0.05) is 35.0 Å². The number of hydrogen-bond acceptors (Lipinski definition) is 3. The smallest absolute Gasteiger partial charge is 0.0589 e. The molecule has 1 aromatic rings. The largest absolute Gasteiger partial charge is 0.383 e. The van der Waals surface area contributed by atoms with E-state index in [-0.39, 0.29) is 0 Å². The van der Waals surface area contributed by atoms with Gasteiger partial charge in [-0.25, -0.2) is 0 Å². The maximum absolute atomic E-state index is 5.10. The predicted octanol–water partition coefficient (Wildman–Crippen LogP) is 3.07. The van der Waals surface area contributed by atoms with Crippen LogP contribution in [-0.4, -0.2) is 45.3 Å². The van der Waals surface area contributed by atoms with E-state index in [0.717, 1.165) is 37.1 Å². The molecule has 1 rings (SSSR count). The third-order valence-electron chi connectivity index (χ3n) is 3.18. The second-order valence-corrected chi connectivity index (χ2v) is 5.67. The molecule has 1 unspecified atom stereocenters. The van der Waals surface area contributed by atoms with E-state index in [0.29, 0.717) is 6.04 Å². The maximum atomic E-state index is 5.10. The molecule has 108 valence electrons. The summed E-state index contributed by atoms with van der Waals surface area (Å²) in [4.78, 5) is 2.31. The number of nitrogens with one attached hydrogen (secondary N) is 1. The van der Waals surface area contributed by atoms with Crippen molar-refractivity contribution in [1.29, 1.82) is 0 Å². The summed E-state index contributed by atoms with van der Waals surface area (Å²) in [6.45, 7) is 5.97.